The van der Waals surface area contributed by atoms with Crippen molar-refractivity contribution >= 4 is 39.9 Å². The molecule has 0 atom stereocenters. The van der Waals surface area contributed by atoms with E-state index in [0.29, 0.717) is 16.3 Å². The average molecular weight is 278 g/mol. The number of nitrogens with zero attached hydrogens (tertiary/aromatic N) is 1. The lowest BCUT2D eigenvalue weighted by atomic mass is 10.2. The maximum absolute atomic E-state index is 8.63. The van der Waals surface area contributed by atoms with Gasteiger partial charge in [-0.05, 0) is 34.7 Å². The number of nitrogen functional groups attached to an aromatic ring is 1. The molecule has 0 spiro atoms. The predicted octanol–water partition coefficient (Wildman–Crippen LogP) is 2.40. The highest BCUT2D eigenvalue weighted by Gasteiger charge is 2.06. The smallest absolute Gasteiger partial charge is 0.102 e. The molecule has 1 aromatic carbocycles. The van der Waals surface area contributed by atoms with Gasteiger partial charge in [-0.3, -0.25) is 0 Å². The standard InChI is InChI=1S/C7H4ClIN2/c8-5-1-2-6(11)7(9)4(5)3-10/h1-2H,11H2. The van der Waals surface area contributed by atoms with E-state index in [2.05, 4.69) is 0 Å². The molecular formula is C7H4ClIN2. The molecule has 0 saturated heterocycles. The molecule has 0 bridgehead atoms. The molecule has 0 saturated carbocycles. The van der Waals surface area contributed by atoms with Gasteiger partial charge in [0.05, 0.1) is 14.2 Å². The van der Waals surface area contributed by atoms with Crippen LogP contribution in [-0.2, 0) is 0 Å². The van der Waals surface area contributed by atoms with Crippen molar-refractivity contribution in [2.75, 3.05) is 5.73 Å². The van der Waals surface area contributed by atoms with Gasteiger partial charge in [0.15, 0.2) is 0 Å². The fraction of sp³-hybridized carbons (Fsp3) is 0. The van der Waals surface area contributed by atoms with Crippen LogP contribution in [0.4, 0.5) is 5.69 Å². The van der Waals surface area contributed by atoms with Crippen LogP contribution in [0.25, 0.3) is 0 Å². The van der Waals surface area contributed by atoms with Crippen LogP contribution in [0, 0.1) is 14.9 Å². The van der Waals surface area contributed by atoms with Crippen molar-refractivity contribution < 1.29 is 0 Å². The lowest BCUT2D eigenvalue weighted by Crippen LogP contribution is -1.92. The number of hydrogen-bond acceptors (Lipinski definition) is 2. The summed E-state index contributed by atoms with van der Waals surface area (Å²) in [6, 6.07) is 5.29. The summed E-state index contributed by atoms with van der Waals surface area (Å²) in [7, 11) is 0. The van der Waals surface area contributed by atoms with E-state index >= 15 is 0 Å². The fourth-order valence-electron chi connectivity index (χ4n) is 0.671. The van der Waals surface area contributed by atoms with Crippen LogP contribution in [0.2, 0.25) is 5.02 Å². The van der Waals surface area contributed by atoms with Gasteiger partial charge in [0.1, 0.15) is 6.07 Å². The third kappa shape index (κ3) is 1.57. The summed E-state index contributed by atoms with van der Waals surface area (Å²) in [5, 5.41) is 9.08. The van der Waals surface area contributed by atoms with Crippen LogP contribution in [0.1, 0.15) is 5.56 Å². The van der Waals surface area contributed by atoms with Gasteiger partial charge >= 0.3 is 0 Å². The van der Waals surface area contributed by atoms with Crippen molar-refractivity contribution in [1.29, 1.82) is 5.26 Å². The van der Waals surface area contributed by atoms with Gasteiger partial charge in [-0.1, -0.05) is 11.6 Å². The first-order chi connectivity index (χ1) is 5.16. The van der Waals surface area contributed by atoms with Gasteiger partial charge < -0.3 is 5.73 Å². The zero-order valence-corrected chi connectivity index (χ0v) is 8.35. The van der Waals surface area contributed by atoms with E-state index in [1.807, 2.05) is 28.7 Å². The van der Waals surface area contributed by atoms with E-state index in [9.17, 15) is 0 Å². The van der Waals surface area contributed by atoms with E-state index < -0.39 is 0 Å². The maximum Gasteiger partial charge on any atom is 0.102 e. The molecule has 0 aliphatic heterocycles. The molecule has 0 heterocycles. The Labute approximate surface area is 83.1 Å². The first-order valence-electron chi connectivity index (χ1n) is 2.80. The topological polar surface area (TPSA) is 49.8 Å². The molecule has 0 unspecified atom stereocenters. The molecule has 0 fully saturated rings. The first-order valence-corrected chi connectivity index (χ1v) is 4.26. The van der Waals surface area contributed by atoms with Gasteiger partial charge in [0.25, 0.3) is 0 Å². The molecule has 0 aromatic heterocycles. The molecule has 1 rings (SSSR count). The molecule has 0 radical (unpaired) electrons. The largest absolute Gasteiger partial charge is 0.398 e. The highest BCUT2D eigenvalue weighted by molar-refractivity contribution is 14.1. The van der Waals surface area contributed by atoms with Crippen molar-refractivity contribution in [2.24, 2.45) is 0 Å². The second kappa shape index (κ2) is 3.28. The van der Waals surface area contributed by atoms with E-state index in [4.69, 9.17) is 22.6 Å². The number of nitriles is 1. The quantitative estimate of drug-likeness (QED) is 0.585. The average Bonchev–Trinajstić information content (AvgIpc) is 1.99. The summed E-state index contributed by atoms with van der Waals surface area (Å²) in [5.41, 5.74) is 6.59. The minimum atomic E-state index is 0.450. The lowest BCUT2D eigenvalue weighted by molar-refractivity contribution is 1.46. The van der Waals surface area contributed by atoms with Gasteiger partial charge in [-0.2, -0.15) is 5.26 Å². The zero-order valence-electron chi connectivity index (χ0n) is 5.44. The van der Waals surface area contributed by atoms with Crippen molar-refractivity contribution in [3.05, 3.63) is 26.3 Å². The van der Waals surface area contributed by atoms with E-state index in [-0.39, 0.29) is 0 Å². The van der Waals surface area contributed by atoms with Gasteiger partial charge in [-0.25, -0.2) is 0 Å². The van der Waals surface area contributed by atoms with E-state index in [1.54, 1.807) is 12.1 Å². The minimum Gasteiger partial charge on any atom is -0.398 e. The summed E-state index contributed by atoms with van der Waals surface area (Å²) in [4.78, 5) is 0. The number of nitrogens with two attached hydrogens (primary N) is 1. The normalized spacial score (nSPS) is 9.18. The van der Waals surface area contributed by atoms with Crippen molar-refractivity contribution in [1.82, 2.24) is 0 Å². The van der Waals surface area contributed by atoms with Crippen LogP contribution < -0.4 is 5.73 Å². The lowest BCUT2D eigenvalue weighted by Gasteiger charge is -2.00. The number of rotatable bonds is 0. The van der Waals surface area contributed by atoms with Crippen LogP contribution >= 0.6 is 34.2 Å². The molecule has 0 amide bonds. The third-order valence-electron chi connectivity index (χ3n) is 1.23. The molecule has 1 aromatic rings. The Morgan fingerprint density at radius 3 is 2.64 bits per heavy atom. The number of benzene rings is 1. The SMILES string of the molecule is N#Cc1c(Cl)ccc(N)c1I. The van der Waals surface area contributed by atoms with Gasteiger partial charge in [0.2, 0.25) is 0 Å². The van der Waals surface area contributed by atoms with Crippen molar-refractivity contribution in [3.8, 4) is 6.07 Å². The number of halogens is 2. The summed E-state index contributed by atoms with van der Waals surface area (Å²) in [6.45, 7) is 0. The molecule has 0 aliphatic carbocycles. The van der Waals surface area contributed by atoms with Gasteiger partial charge in [-0.15, -0.1) is 0 Å². The Morgan fingerprint density at radius 1 is 1.55 bits per heavy atom. The van der Waals surface area contributed by atoms with E-state index in [0.717, 1.165) is 3.57 Å². The summed E-state index contributed by atoms with van der Waals surface area (Å²) in [6.07, 6.45) is 0. The Kier molecular flexibility index (Phi) is 2.58. The van der Waals surface area contributed by atoms with Crippen molar-refractivity contribution in [2.45, 2.75) is 0 Å². The fourth-order valence-corrected chi connectivity index (χ4v) is 1.62. The maximum atomic E-state index is 8.63. The molecule has 56 valence electrons. The van der Waals surface area contributed by atoms with Crippen LogP contribution in [0.15, 0.2) is 12.1 Å². The first kappa shape index (κ1) is 8.62. The van der Waals surface area contributed by atoms with Crippen molar-refractivity contribution in [3.63, 3.8) is 0 Å². The molecule has 11 heavy (non-hydrogen) atoms. The number of anilines is 1. The van der Waals surface area contributed by atoms with Crippen LogP contribution in [-0.4, -0.2) is 0 Å². The van der Waals surface area contributed by atoms with Crippen LogP contribution in [0.5, 0.6) is 0 Å². The third-order valence-corrected chi connectivity index (χ3v) is 2.71. The highest BCUT2D eigenvalue weighted by atomic mass is 127. The Hall–Kier alpha value is -0.470. The molecule has 2 nitrogen and oxygen atoms in total. The minimum absolute atomic E-state index is 0.450. The molecular weight excluding hydrogens is 274 g/mol. The number of hydrogen-bond donors (Lipinski definition) is 1. The molecule has 0 aliphatic rings. The predicted molar refractivity (Wildman–Crippen MR) is 53.3 cm³/mol. The second-order valence-corrected chi connectivity index (χ2v) is 3.42. The van der Waals surface area contributed by atoms with E-state index in [1.165, 1.54) is 0 Å². The summed E-state index contributed by atoms with van der Waals surface area (Å²) < 4.78 is 0.720. The highest BCUT2D eigenvalue weighted by Crippen LogP contribution is 2.25. The van der Waals surface area contributed by atoms with Gasteiger partial charge in [0, 0.05) is 5.69 Å². The summed E-state index contributed by atoms with van der Waals surface area (Å²) >= 11 is 7.72. The zero-order chi connectivity index (χ0) is 8.43. The monoisotopic (exact) mass is 278 g/mol. The van der Waals surface area contributed by atoms with Crippen LogP contribution in [0.3, 0.4) is 0 Å². The Morgan fingerprint density at radius 2 is 2.18 bits per heavy atom. The second-order valence-electron chi connectivity index (χ2n) is 1.94. The molecule has 4 heteroatoms. The Balaban J connectivity index is 3.44. The molecule has 2 N–H and O–H groups in total. The summed E-state index contributed by atoms with van der Waals surface area (Å²) in [5.74, 6) is 0. The Bertz CT molecular complexity index is 330.